The van der Waals surface area contributed by atoms with Crippen LogP contribution in [0.25, 0.3) is 0 Å². The van der Waals surface area contributed by atoms with Gasteiger partial charge in [0.2, 0.25) is 0 Å². The number of halogens is 6. The van der Waals surface area contributed by atoms with Crippen molar-refractivity contribution in [3.8, 4) is 0 Å². The van der Waals surface area contributed by atoms with E-state index in [1.165, 1.54) is 0 Å². The van der Waals surface area contributed by atoms with E-state index in [9.17, 15) is 41.0 Å². The molecule has 4 aliphatic carbocycles. The molecule has 0 aliphatic heterocycles. The molecule has 0 heterocycles. The lowest BCUT2D eigenvalue weighted by Crippen LogP contribution is -2.64. The third-order valence-electron chi connectivity index (χ3n) is 6.24. The first-order valence-electron chi connectivity index (χ1n) is 8.47. The van der Waals surface area contributed by atoms with Crippen molar-refractivity contribution in [2.24, 2.45) is 23.2 Å². The molecule has 0 aromatic heterocycles. The fourth-order valence-electron chi connectivity index (χ4n) is 5.24. The predicted molar refractivity (Wildman–Crippen MR) is 75.2 cm³/mol. The van der Waals surface area contributed by atoms with Crippen LogP contribution in [0.4, 0.5) is 26.3 Å². The monoisotopic (exact) mass is 404 g/mol. The van der Waals surface area contributed by atoms with Gasteiger partial charge in [0.1, 0.15) is 6.42 Å². The van der Waals surface area contributed by atoms with Crippen molar-refractivity contribution in [1.82, 2.24) is 0 Å². The van der Waals surface area contributed by atoms with E-state index in [2.05, 4.69) is 4.74 Å². The molecule has 5 nitrogen and oxygen atoms in total. The topological polar surface area (TPSA) is 83.8 Å². The number of ether oxygens (including phenoxy) is 1. The van der Waals surface area contributed by atoms with Crippen LogP contribution >= 0.6 is 0 Å². The minimum absolute atomic E-state index is 0.0567. The largest absolute Gasteiger partial charge is 0.481 e. The number of carbonyl (C=O) groups excluding carboxylic acids is 1. The van der Waals surface area contributed by atoms with Crippen LogP contribution in [0.15, 0.2) is 0 Å². The van der Waals surface area contributed by atoms with Gasteiger partial charge in [0.15, 0.2) is 0 Å². The number of rotatable bonds is 4. The summed E-state index contributed by atoms with van der Waals surface area (Å²) < 4.78 is 84.0. The average Bonchev–Trinajstić information content (AvgIpc) is 2.48. The fraction of sp³-hybridized carbons (Fsp3) is 0.875. The molecule has 2 atom stereocenters. The second-order valence-corrected chi connectivity index (χ2v) is 8.02. The van der Waals surface area contributed by atoms with E-state index in [1.54, 1.807) is 0 Å². The number of carboxylic acid groups (broad SMARTS) is 1. The van der Waals surface area contributed by atoms with Gasteiger partial charge < -0.3 is 14.9 Å². The minimum atomic E-state index is -6.15. The molecule has 4 aliphatic rings. The van der Waals surface area contributed by atoms with Gasteiger partial charge in [-0.3, -0.25) is 9.59 Å². The number of aliphatic hydroxyl groups is 1. The van der Waals surface area contributed by atoms with Gasteiger partial charge in [-0.05, 0) is 49.9 Å². The molecule has 11 heteroatoms. The molecule has 2 N–H and O–H groups in total. The predicted octanol–water partition coefficient (Wildman–Crippen LogP) is 3.05. The summed E-state index contributed by atoms with van der Waals surface area (Å²) in [6.07, 6.45) is -14.4. The maximum atomic E-state index is 13.3. The fourth-order valence-corrected chi connectivity index (χ4v) is 5.24. The summed E-state index contributed by atoms with van der Waals surface area (Å²) in [5, 5.41) is 18.8. The summed E-state index contributed by atoms with van der Waals surface area (Å²) >= 11 is 0. The average molecular weight is 404 g/mol. The number of alkyl halides is 6. The first kappa shape index (κ1) is 20.2. The van der Waals surface area contributed by atoms with E-state index in [0.717, 1.165) is 0 Å². The molecule has 0 aromatic carbocycles. The highest BCUT2D eigenvalue weighted by molar-refractivity contribution is 5.79. The molecular weight excluding hydrogens is 386 g/mol. The lowest BCUT2D eigenvalue weighted by Gasteiger charge is -2.57. The Hall–Kier alpha value is -1.52. The van der Waals surface area contributed by atoms with Gasteiger partial charge in [-0.2, -0.15) is 26.3 Å². The van der Waals surface area contributed by atoms with Crippen molar-refractivity contribution in [1.29, 1.82) is 0 Å². The quantitative estimate of drug-likeness (QED) is 0.556. The Balaban J connectivity index is 1.95. The van der Waals surface area contributed by atoms with E-state index < -0.39 is 47.8 Å². The van der Waals surface area contributed by atoms with Gasteiger partial charge in [0.05, 0.1) is 11.5 Å². The molecule has 0 aromatic rings. The molecule has 154 valence electrons. The standard InChI is InChI=1S/C16H18F6O5/c17-15(18,19)14(6-10(23)24,16(20,21)22)27-12(26)13-3-7-1-8(4-13)11(25)9(2-7)5-13/h7-9,11,25H,1-6H2,(H,23,24). The number of carboxylic acids is 1. The lowest BCUT2D eigenvalue weighted by atomic mass is 9.48. The molecule has 4 bridgehead atoms. The van der Waals surface area contributed by atoms with Gasteiger partial charge in [0.25, 0.3) is 0 Å². The summed E-state index contributed by atoms with van der Waals surface area (Å²) in [7, 11) is 0. The Bertz CT molecular complexity index is 612. The SMILES string of the molecule is O=C(O)CC(OC(=O)C12CC3CC(C1)C(O)C(C3)C2)(C(F)(F)F)C(F)(F)F. The van der Waals surface area contributed by atoms with Crippen molar-refractivity contribution < 1.29 is 50.9 Å². The zero-order valence-corrected chi connectivity index (χ0v) is 13.9. The zero-order valence-electron chi connectivity index (χ0n) is 13.9. The van der Waals surface area contributed by atoms with E-state index in [4.69, 9.17) is 5.11 Å². The summed E-state index contributed by atoms with van der Waals surface area (Å²) in [4.78, 5) is 23.4. The Morgan fingerprint density at radius 3 is 1.85 bits per heavy atom. The second kappa shape index (κ2) is 5.99. The summed E-state index contributed by atoms with van der Waals surface area (Å²) in [6, 6.07) is 0. The number of hydrogen-bond donors (Lipinski definition) is 2. The molecular formula is C16H18F6O5. The Kier molecular flexibility index (Phi) is 4.48. The lowest BCUT2D eigenvalue weighted by molar-refractivity contribution is -0.372. The maximum absolute atomic E-state index is 13.3. The first-order chi connectivity index (χ1) is 12.2. The van der Waals surface area contributed by atoms with E-state index in [-0.39, 0.29) is 37.0 Å². The van der Waals surface area contributed by atoms with E-state index >= 15 is 0 Å². The second-order valence-electron chi connectivity index (χ2n) is 8.02. The molecule has 4 rings (SSSR count). The number of carbonyl (C=O) groups is 2. The van der Waals surface area contributed by atoms with Crippen LogP contribution < -0.4 is 0 Å². The maximum Gasteiger partial charge on any atom is 0.438 e. The Morgan fingerprint density at radius 1 is 0.963 bits per heavy atom. The van der Waals surface area contributed by atoms with Crippen LogP contribution in [0.2, 0.25) is 0 Å². The smallest absolute Gasteiger partial charge is 0.438 e. The highest BCUT2D eigenvalue weighted by Crippen LogP contribution is 2.61. The number of aliphatic hydroxyl groups excluding tert-OH is 1. The molecule has 0 amide bonds. The van der Waals surface area contributed by atoms with Gasteiger partial charge in [-0.1, -0.05) is 0 Å². The molecule has 27 heavy (non-hydrogen) atoms. The number of hydrogen-bond acceptors (Lipinski definition) is 4. The van der Waals surface area contributed by atoms with Gasteiger partial charge in [-0.15, -0.1) is 0 Å². The van der Waals surface area contributed by atoms with Gasteiger partial charge >= 0.3 is 29.9 Å². The Morgan fingerprint density at radius 2 is 1.44 bits per heavy atom. The number of esters is 1. The van der Waals surface area contributed by atoms with Gasteiger partial charge in [0, 0.05) is 0 Å². The third kappa shape index (κ3) is 3.07. The highest BCUT2D eigenvalue weighted by atomic mass is 19.4. The highest BCUT2D eigenvalue weighted by Gasteiger charge is 2.76. The molecule has 0 saturated heterocycles. The van der Waals surface area contributed by atoms with Crippen molar-refractivity contribution in [3.63, 3.8) is 0 Å². The van der Waals surface area contributed by atoms with E-state index in [0.29, 0.717) is 12.8 Å². The van der Waals surface area contributed by atoms with Crippen LogP contribution in [0.1, 0.15) is 38.5 Å². The van der Waals surface area contributed by atoms with Crippen molar-refractivity contribution >= 4 is 11.9 Å². The molecule has 4 saturated carbocycles. The third-order valence-corrected chi connectivity index (χ3v) is 6.24. The van der Waals surface area contributed by atoms with Crippen molar-refractivity contribution in [2.75, 3.05) is 0 Å². The summed E-state index contributed by atoms with van der Waals surface area (Å²) in [5.74, 6) is -4.91. The summed E-state index contributed by atoms with van der Waals surface area (Å²) in [6.45, 7) is 0. The van der Waals surface area contributed by atoms with E-state index in [1.807, 2.05) is 0 Å². The van der Waals surface area contributed by atoms with Crippen LogP contribution in [0, 0.1) is 23.2 Å². The number of aliphatic carboxylic acids is 1. The van der Waals surface area contributed by atoms with Crippen LogP contribution in [0.3, 0.4) is 0 Å². The Labute approximate surface area is 149 Å². The van der Waals surface area contributed by atoms with Crippen LogP contribution in [-0.4, -0.2) is 46.2 Å². The van der Waals surface area contributed by atoms with Crippen LogP contribution in [-0.2, 0) is 14.3 Å². The minimum Gasteiger partial charge on any atom is -0.481 e. The molecule has 4 fully saturated rings. The zero-order chi connectivity index (χ0) is 20.4. The van der Waals surface area contributed by atoms with Crippen molar-refractivity contribution in [3.05, 3.63) is 0 Å². The van der Waals surface area contributed by atoms with Gasteiger partial charge in [-0.25, -0.2) is 0 Å². The molecule has 0 radical (unpaired) electrons. The normalized spacial score (nSPS) is 36.0. The summed E-state index contributed by atoms with van der Waals surface area (Å²) in [5.41, 5.74) is -6.65. The van der Waals surface area contributed by atoms with Crippen molar-refractivity contribution in [2.45, 2.75) is 62.6 Å². The van der Waals surface area contributed by atoms with Crippen LogP contribution in [0.5, 0.6) is 0 Å². The first-order valence-corrected chi connectivity index (χ1v) is 8.47. The molecule has 2 unspecified atom stereocenters. The molecule has 0 spiro atoms.